The number of rotatable bonds is 3. The molecule has 5 heteroatoms. The topological polar surface area (TPSA) is 62.5 Å². The van der Waals surface area contributed by atoms with E-state index in [-0.39, 0.29) is 0 Å². The minimum atomic E-state index is 0.527. The molecule has 90 valence electrons. The van der Waals surface area contributed by atoms with Crippen LogP contribution < -0.4 is 0 Å². The molecule has 0 aromatic carbocycles. The van der Waals surface area contributed by atoms with Crippen LogP contribution in [0.2, 0.25) is 0 Å². The van der Waals surface area contributed by atoms with Crippen molar-refractivity contribution in [3.63, 3.8) is 0 Å². The summed E-state index contributed by atoms with van der Waals surface area (Å²) in [5.74, 6) is 0.796. The summed E-state index contributed by atoms with van der Waals surface area (Å²) in [6, 6.07) is 5.68. The zero-order valence-corrected chi connectivity index (χ0v) is 11.5. The van der Waals surface area contributed by atoms with Crippen molar-refractivity contribution < 1.29 is 0 Å². The van der Waals surface area contributed by atoms with E-state index in [1.807, 2.05) is 6.07 Å². The third kappa shape index (κ3) is 2.90. The highest BCUT2D eigenvalue weighted by Gasteiger charge is 2.06. The van der Waals surface area contributed by atoms with Crippen LogP contribution in [0.4, 0.5) is 0 Å². The molecular formula is C13H11BrN4. The minimum Gasteiger partial charge on any atom is -0.263 e. The average molecular weight is 303 g/mol. The summed E-state index contributed by atoms with van der Waals surface area (Å²) in [4.78, 5) is 12.8. The number of pyridine rings is 1. The van der Waals surface area contributed by atoms with Gasteiger partial charge in [-0.15, -0.1) is 0 Å². The maximum Gasteiger partial charge on any atom is 0.130 e. The molecule has 0 aliphatic carbocycles. The van der Waals surface area contributed by atoms with E-state index in [0.717, 1.165) is 34.5 Å². The quantitative estimate of drug-likeness (QED) is 0.817. The highest BCUT2D eigenvalue weighted by Crippen LogP contribution is 2.20. The SMILES string of the molecule is CCCc1nc(Br)cc(-c2cncc(C#N)c2)n1. The van der Waals surface area contributed by atoms with Crippen LogP contribution in [0.3, 0.4) is 0 Å². The normalized spacial score (nSPS) is 10.1. The number of aryl methyl sites for hydroxylation is 1. The van der Waals surface area contributed by atoms with Gasteiger partial charge in [-0.25, -0.2) is 9.97 Å². The first-order valence-electron chi connectivity index (χ1n) is 5.62. The van der Waals surface area contributed by atoms with Gasteiger partial charge in [-0.05, 0) is 34.5 Å². The predicted octanol–water partition coefficient (Wildman–Crippen LogP) is 3.13. The lowest BCUT2D eigenvalue weighted by atomic mass is 10.1. The number of nitriles is 1. The zero-order valence-electron chi connectivity index (χ0n) is 9.89. The summed E-state index contributed by atoms with van der Waals surface area (Å²) < 4.78 is 0.748. The molecule has 2 heterocycles. The Morgan fingerprint density at radius 1 is 1.28 bits per heavy atom. The number of aromatic nitrogens is 3. The van der Waals surface area contributed by atoms with E-state index in [9.17, 15) is 0 Å². The van der Waals surface area contributed by atoms with Crippen molar-refractivity contribution >= 4 is 15.9 Å². The van der Waals surface area contributed by atoms with Gasteiger partial charge in [0.15, 0.2) is 0 Å². The van der Waals surface area contributed by atoms with Crippen molar-refractivity contribution in [2.75, 3.05) is 0 Å². The second-order valence-electron chi connectivity index (χ2n) is 3.82. The lowest BCUT2D eigenvalue weighted by Gasteiger charge is -2.04. The first-order chi connectivity index (χ1) is 8.72. The van der Waals surface area contributed by atoms with Crippen molar-refractivity contribution in [1.82, 2.24) is 15.0 Å². The molecule has 0 saturated carbocycles. The van der Waals surface area contributed by atoms with Crippen LogP contribution in [-0.2, 0) is 6.42 Å². The van der Waals surface area contributed by atoms with Crippen LogP contribution in [0.1, 0.15) is 24.7 Å². The van der Waals surface area contributed by atoms with E-state index < -0.39 is 0 Å². The molecule has 2 rings (SSSR count). The van der Waals surface area contributed by atoms with Crippen LogP contribution >= 0.6 is 15.9 Å². The van der Waals surface area contributed by atoms with Gasteiger partial charge in [-0.2, -0.15) is 5.26 Å². The summed E-state index contributed by atoms with van der Waals surface area (Å²) >= 11 is 3.38. The Bertz CT molecular complexity index is 604. The molecule has 0 atom stereocenters. The van der Waals surface area contributed by atoms with Crippen molar-refractivity contribution in [3.8, 4) is 17.3 Å². The summed E-state index contributed by atoms with van der Waals surface area (Å²) in [5.41, 5.74) is 2.14. The Morgan fingerprint density at radius 2 is 2.11 bits per heavy atom. The van der Waals surface area contributed by atoms with Gasteiger partial charge in [0.25, 0.3) is 0 Å². The molecular weight excluding hydrogens is 292 g/mol. The van der Waals surface area contributed by atoms with Gasteiger partial charge >= 0.3 is 0 Å². The van der Waals surface area contributed by atoms with Crippen LogP contribution in [0.15, 0.2) is 29.1 Å². The van der Waals surface area contributed by atoms with Gasteiger partial charge in [0.05, 0.1) is 11.3 Å². The van der Waals surface area contributed by atoms with E-state index in [0.29, 0.717) is 5.56 Å². The molecule has 4 nitrogen and oxygen atoms in total. The summed E-state index contributed by atoms with van der Waals surface area (Å²) in [6.45, 7) is 2.09. The smallest absolute Gasteiger partial charge is 0.130 e. The van der Waals surface area contributed by atoms with Crippen LogP contribution in [0, 0.1) is 11.3 Å². The second kappa shape index (κ2) is 5.69. The first-order valence-corrected chi connectivity index (χ1v) is 6.41. The van der Waals surface area contributed by atoms with Crippen LogP contribution in [0.25, 0.3) is 11.3 Å². The third-order valence-electron chi connectivity index (χ3n) is 2.38. The first kappa shape index (κ1) is 12.7. The van der Waals surface area contributed by atoms with Crippen molar-refractivity contribution in [2.24, 2.45) is 0 Å². The van der Waals surface area contributed by atoms with Crippen LogP contribution in [-0.4, -0.2) is 15.0 Å². The largest absolute Gasteiger partial charge is 0.263 e. The monoisotopic (exact) mass is 302 g/mol. The Kier molecular flexibility index (Phi) is 4.00. The molecule has 2 aromatic rings. The fourth-order valence-corrected chi connectivity index (χ4v) is 2.01. The van der Waals surface area contributed by atoms with Gasteiger partial charge in [0.2, 0.25) is 0 Å². The lowest BCUT2D eigenvalue weighted by Crippen LogP contribution is -1.97. The fraction of sp³-hybridized carbons (Fsp3) is 0.231. The van der Waals surface area contributed by atoms with Crippen molar-refractivity contribution in [2.45, 2.75) is 19.8 Å². The van der Waals surface area contributed by atoms with Crippen LogP contribution in [0.5, 0.6) is 0 Å². The van der Waals surface area contributed by atoms with Crippen molar-refractivity contribution in [1.29, 1.82) is 5.26 Å². The number of hydrogen-bond acceptors (Lipinski definition) is 4. The molecule has 18 heavy (non-hydrogen) atoms. The Balaban J connectivity index is 2.46. The maximum absolute atomic E-state index is 8.87. The second-order valence-corrected chi connectivity index (χ2v) is 4.63. The Hall–Kier alpha value is -1.80. The Morgan fingerprint density at radius 3 is 2.83 bits per heavy atom. The van der Waals surface area contributed by atoms with E-state index in [1.54, 1.807) is 12.3 Å². The highest BCUT2D eigenvalue weighted by atomic mass is 79.9. The number of hydrogen-bond donors (Lipinski definition) is 0. The predicted molar refractivity (Wildman–Crippen MR) is 71.7 cm³/mol. The van der Waals surface area contributed by atoms with Gasteiger partial charge < -0.3 is 0 Å². The fourth-order valence-electron chi connectivity index (χ4n) is 1.59. The molecule has 0 fully saturated rings. The van der Waals surface area contributed by atoms with E-state index in [2.05, 4.69) is 43.9 Å². The Labute approximate surface area is 114 Å². The molecule has 0 saturated heterocycles. The summed E-state index contributed by atoms with van der Waals surface area (Å²) in [6.07, 6.45) is 5.06. The highest BCUT2D eigenvalue weighted by molar-refractivity contribution is 9.10. The molecule has 0 spiro atoms. The molecule has 0 amide bonds. The number of nitrogens with zero attached hydrogens (tertiary/aromatic N) is 4. The molecule has 0 aliphatic heterocycles. The average Bonchev–Trinajstić information content (AvgIpc) is 2.38. The lowest BCUT2D eigenvalue weighted by molar-refractivity contribution is 0.831. The van der Waals surface area contributed by atoms with Gasteiger partial charge in [-0.3, -0.25) is 4.98 Å². The number of halogens is 1. The molecule has 0 aliphatic rings. The standard InChI is InChI=1S/C13H11BrN4/c1-2-3-13-17-11(5-12(14)18-13)10-4-9(6-15)7-16-8-10/h4-5,7-8H,2-3H2,1H3. The molecule has 0 N–H and O–H groups in total. The van der Waals surface area contributed by atoms with E-state index in [4.69, 9.17) is 5.26 Å². The molecule has 0 unspecified atom stereocenters. The van der Waals surface area contributed by atoms with Gasteiger partial charge in [-0.1, -0.05) is 6.92 Å². The zero-order chi connectivity index (χ0) is 13.0. The molecule has 2 aromatic heterocycles. The molecule has 0 radical (unpaired) electrons. The third-order valence-corrected chi connectivity index (χ3v) is 2.78. The maximum atomic E-state index is 8.87. The van der Waals surface area contributed by atoms with Crippen molar-refractivity contribution in [3.05, 3.63) is 40.5 Å². The summed E-state index contributed by atoms with van der Waals surface area (Å²) in [7, 11) is 0. The molecule has 0 bridgehead atoms. The van der Waals surface area contributed by atoms with E-state index >= 15 is 0 Å². The van der Waals surface area contributed by atoms with Gasteiger partial charge in [0, 0.05) is 24.4 Å². The minimum absolute atomic E-state index is 0.527. The van der Waals surface area contributed by atoms with E-state index in [1.165, 1.54) is 6.20 Å². The summed E-state index contributed by atoms with van der Waals surface area (Å²) in [5, 5.41) is 8.87. The van der Waals surface area contributed by atoms with Gasteiger partial charge in [0.1, 0.15) is 16.5 Å².